The van der Waals surface area contributed by atoms with Crippen LogP contribution in [0.3, 0.4) is 0 Å². The smallest absolute Gasteiger partial charge is 0.288 e. The van der Waals surface area contributed by atoms with Crippen molar-refractivity contribution in [3.8, 4) is 0 Å². The first-order chi connectivity index (χ1) is 9.16. The molecule has 3 nitrogen and oxygen atoms in total. The van der Waals surface area contributed by atoms with Gasteiger partial charge in [0.15, 0.2) is 0 Å². The first-order valence-electron chi connectivity index (χ1n) is 5.90. The van der Waals surface area contributed by atoms with Gasteiger partial charge in [-0.15, -0.1) is 0 Å². The molecule has 0 unspecified atom stereocenters. The Morgan fingerprint density at radius 1 is 1.37 bits per heavy atom. The van der Waals surface area contributed by atoms with Gasteiger partial charge < -0.3 is 9.88 Å². The van der Waals surface area contributed by atoms with Crippen LogP contribution in [0.4, 0.5) is 14.5 Å². The minimum Gasteiger partial charge on any atom is -0.384 e. The van der Waals surface area contributed by atoms with Gasteiger partial charge in [-0.25, -0.2) is 4.98 Å². The number of nitrogens with zero attached hydrogens (tertiary/aromatic N) is 2. The molecule has 1 heterocycles. The second kappa shape index (κ2) is 6.56. The summed E-state index contributed by atoms with van der Waals surface area (Å²) < 4.78 is 26.8. The zero-order valence-corrected chi connectivity index (χ0v) is 11.3. The predicted octanol–water partition coefficient (Wildman–Crippen LogP) is 3.39. The first kappa shape index (κ1) is 13.9. The first-order valence-corrected chi connectivity index (χ1v) is 6.78. The standard InChI is InChI=1S/C13H15F2N3S/c1-18-9-8-17-12(18)6-7-16-10-4-2-3-5-11(10)19-13(14)15/h2-5,8-9,13,16H,6-7H2,1H3. The number of imidazole rings is 1. The highest BCUT2D eigenvalue weighted by Gasteiger charge is 2.09. The van der Waals surface area contributed by atoms with Crippen molar-refractivity contribution in [1.29, 1.82) is 0 Å². The molecule has 0 bridgehead atoms. The minimum absolute atomic E-state index is 0.559. The van der Waals surface area contributed by atoms with Crippen LogP contribution in [0, 0.1) is 0 Å². The molecule has 2 aromatic rings. The fourth-order valence-electron chi connectivity index (χ4n) is 1.76. The summed E-state index contributed by atoms with van der Waals surface area (Å²) in [5.41, 5.74) is 0.738. The number of alkyl halides is 2. The van der Waals surface area contributed by atoms with Crippen molar-refractivity contribution >= 4 is 17.4 Å². The van der Waals surface area contributed by atoms with Crippen LogP contribution in [-0.2, 0) is 13.5 Å². The maximum absolute atomic E-state index is 12.4. The molecular formula is C13H15F2N3S. The molecule has 0 aliphatic heterocycles. The molecular weight excluding hydrogens is 268 g/mol. The lowest BCUT2D eigenvalue weighted by Gasteiger charge is -2.11. The maximum atomic E-state index is 12.4. The van der Waals surface area contributed by atoms with Crippen molar-refractivity contribution in [2.75, 3.05) is 11.9 Å². The highest BCUT2D eigenvalue weighted by Crippen LogP contribution is 2.31. The van der Waals surface area contributed by atoms with Crippen LogP contribution in [0.1, 0.15) is 5.82 Å². The average Bonchev–Trinajstić information content (AvgIpc) is 2.77. The minimum atomic E-state index is -2.41. The van der Waals surface area contributed by atoms with Crippen molar-refractivity contribution in [3.63, 3.8) is 0 Å². The van der Waals surface area contributed by atoms with E-state index in [4.69, 9.17) is 0 Å². The van der Waals surface area contributed by atoms with Gasteiger partial charge in [-0.1, -0.05) is 23.9 Å². The number of rotatable bonds is 6. The van der Waals surface area contributed by atoms with Crippen LogP contribution < -0.4 is 5.32 Å². The van der Waals surface area contributed by atoms with E-state index in [1.165, 1.54) is 0 Å². The van der Waals surface area contributed by atoms with E-state index < -0.39 is 5.76 Å². The van der Waals surface area contributed by atoms with E-state index in [1.807, 2.05) is 29.9 Å². The number of aromatic nitrogens is 2. The number of hydrogen-bond donors (Lipinski definition) is 1. The molecule has 0 aliphatic carbocycles. The van der Waals surface area contributed by atoms with Gasteiger partial charge in [-0.2, -0.15) is 8.78 Å². The van der Waals surface area contributed by atoms with Crippen molar-refractivity contribution in [1.82, 2.24) is 9.55 Å². The van der Waals surface area contributed by atoms with E-state index in [1.54, 1.807) is 18.3 Å². The fraction of sp³-hybridized carbons (Fsp3) is 0.308. The van der Waals surface area contributed by atoms with Crippen molar-refractivity contribution in [3.05, 3.63) is 42.5 Å². The van der Waals surface area contributed by atoms with Gasteiger partial charge in [0.05, 0.1) is 0 Å². The summed E-state index contributed by atoms with van der Waals surface area (Å²) in [6.45, 7) is 0.658. The lowest BCUT2D eigenvalue weighted by atomic mass is 10.3. The largest absolute Gasteiger partial charge is 0.384 e. The van der Waals surface area contributed by atoms with E-state index in [0.717, 1.165) is 17.9 Å². The SMILES string of the molecule is Cn1ccnc1CCNc1ccccc1SC(F)F. The fourth-order valence-corrected chi connectivity index (χ4v) is 2.37. The molecule has 102 valence electrons. The quantitative estimate of drug-likeness (QED) is 0.824. The van der Waals surface area contributed by atoms with Crippen molar-refractivity contribution in [2.24, 2.45) is 7.05 Å². The van der Waals surface area contributed by atoms with Gasteiger partial charge in [0.1, 0.15) is 5.82 Å². The predicted molar refractivity (Wildman–Crippen MR) is 73.7 cm³/mol. The lowest BCUT2D eigenvalue weighted by molar-refractivity contribution is 0.252. The Bertz CT molecular complexity index is 528. The van der Waals surface area contributed by atoms with Gasteiger partial charge >= 0.3 is 0 Å². The number of para-hydroxylation sites is 1. The second-order valence-electron chi connectivity index (χ2n) is 4.01. The number of nitrogens with one attached hydrogen (secondary N) is 1. The Labute approximate surface area is 115 Å². The third-order valence-corrected chi connectivity index (χ3v) is 3.48. The summed E-state index contributed by atoms with van der Waals surface area (Å²) in [6.07, 6.45) is 4.38. The van der Waals surface area contributed by atoms with E-state index >= 15 is 0 Å². The van der Waals surface area contributed by atoms with Crippen molar-refractivity contribution in [2.45, 2.75) is 17.1 Å². The van der Waals surface area contributed by atoms with E-state index in [-0.39, 0.29) is 0 Å². The summed E-state index contributed by atoms with van der Waals surface area (Å²) in [7, 11) is 1.93. The molecule has 1 aromatic carbocycles. The second-order valence-corrected chi connectivity index (χ2v) is 5.04. The number of anilines is 1. The summed E-state index contributed by atoms with van der Waals surface area (Å²) in [5, 5.41) is 3.18. The third kappa shape index (κ3) is 3.96. The number of aryl methyl sites for hydroxylation is 1. The highest BCUT2D eigenvalue weighted by molar-refractivity contribution is 7.99. The van der Waals surface area contributed by atoms with Crippen LogP contribution in [0.5, 0.6) is 0 Å². The molecule has 0 saturated heterocycles. The molecule has 1 N–H and O–H groups in total. The number of benzene rings is 1. The summed E-state index contributed by atoms with van der Waals surface area (Å²) in [4.78, 5) is 4.78. The van der Waals surface area contributed by atoms with Crippen LogP contribution in [0.2, 0.25) is 0 Å². The topological polar surface area (TPSA) is 29.9 Å². The number of halogens is 2. The molecule has 0 amide bonds. The lowest BCUT2D eigenvalue weighted by Crippen LogP contribution is -2.09. The molecule has 0 radical (unpaired) electrons. The van der Waals surface area contributed by atoms with E-state index in [9.17, 15) is 8.78 Å². The van der Waals surface area contributed by atoms with E-state index in [2.05, 4.69) is 10.3 Å². The summed E-state index contributed by atoms with van der Waals surface area (Å²) >= 11 is 0.559. The van der Waals surface area contributed by atoms with Crippen LogP contribution in [-0.4, -0.2) is 21.9 Å². The van der Waals surface area contributed by atoms with Crippen LogP contribution in [0.25, 0.3) is 0 Å². The third-order valence-electron chi connectivity index (χ3n) is 2.69. The Kier molecular flexibility index (Phi) is 4.79. The molecule has 6 heteroatoms. The number of thioether (sulfide) groups is 1. The van der Waals surface area contributed by atoms with Gasteiger partial charge in [0.2, 0.25) is 0 Å². The Hall–Kier alpha value is -1.56. The highest BCUT2D eigenvalue weighted by atomic mass is 32.2. The van der Waals surface area contributed by atoms with Gasteiger partial charge in [-0.05, 0) is 12.1 Å². The van der Waals surface area contributed by atoms with Crippen LogP contribution >= 0.6 is 11.8 Å². The Balaban J connectivity index is 1.94. The number of hydrogen-bond acceptors (Lipinski definition) is 3. The maximum Gasteiger partial charge on any atom is 0.288 e. The summed E-state index contributed by atoms with van der Waals surface area (Å²) in [5.74, 6) is -1.44. The average molecular weight is 283 g/mol. The van der Waals surface area contributed by atoms with E-state index in [0.29, 0.717) is 23.2 Å². The van der Waals surface area contributed by atoms with Crippen molar-refractivity contribution < 1.29 is 8.78 Å². The van der Waals surface area contributed by atoms with Gasteiger partial charge in [0, 0.05) is 43.0 Å². The molecule has 2 rings (SSSR count). The zero-order valence-electron chi connectivity index (χ0n) is 10.5. The normalized spacial score (nSPS) is 10.9. The Morgan fingerprint density at radius 2 is 2.16 bits per heavy atom. The van der Waals surface area contributed by atoms with Crippen LogP contribution in [0.15, 0.2) is 41.6 Å². The molecule has 0 spiro atoms. The molecule has 0 fully saturated rings. The monoisotopic (exact) mass is 283 g/mol. The molecule has 0 atom stereocenters. The van der Waals surface area contributed by atoms with Gasteiger partial charge in [-0.3, -0.25) is 0 Å². The molecule has 19 heavy (non-hydrogen) atoms. The Morgan fingerprint density at radius 3 is 2.84 bits per heavy atom. The molecule has 0 saturated carbocycles. The zero-order chi connectivity index (χ0) is 13.7. The summed E-state index contributed by atoms with van der Waals surface area (Å²) in [6, 6.07) is 7.09. The molecule has 1 aromatic heterocycles. The molecule has 0 aliphatic rings. The van der Waals surface area contributed by atoms with Gasteiger partial charge in [0.25, 0.3) is 5.76 Å².